The molecule has 10 rings (SSSR count). The molecule has 4 heteroatoms. The third-order valence-electron chi connectivity index (χ3n) is 15.3. The first-order valence-corrected chi connectivity index (χ1v) is 40.9. The van der Waals surface area contributed by atoms with Crippen molar-refractivity contribution < 1.29 is 15.6 Å². The van der Waals surface area contributed by atoms with Crippen LogP contribution in [0.15, 0.2) is 193 Å². The van der Waals surface area contributed by atoms with Crippen LogP contribution in [-0.2, 0) is 28.4 Å². The van der Waals surface area contributed by atoms with E-state index in [1.165, 1.54) is 111 Å². The molecule has 8 aromatic carbocycles. The third kappa shape index (κ3) is 8.66. The summed E-state index contributed by atoms with van der Waals surface area (Å²) in [6.07, 6.45) is 8.73. The molecule has 0 radical (unpaired) electrons. The number of allylic oxidation sites excluding steroid dienone is 2. The molecular formula is C64H61Cl2SiZr. The van der Waals surface area contributed by atoms with Gasteiger partial charge < -0.3 is 0 Å². The second-order valence-corrected chi connectivity index (χ2v) is 62.6. The monoisotopic (exact) mass is 1020 g/mol. The van der Waals surface area contributed by atoms with Crippen molar-refractivity contribution in [3.63, 3.8) is 0 Å². The Morgan fingerprint density at radius 2 is 0.662 bits per heavy atom. The van der Waals surface area contributed by atoms with Crippen molar-refractivity contribution in [1.29, 1.82) is 0 Å². The summed E-state index contributed by atoms with van der Waals surface area (Å²) in [6.45, 7) is 13.7. The van der Waals surface area contributed by atoms with E-state index in [1.807, 2.05) is 0 Å². The maximum absolute atomic E-state index is 9.51. The molecule has 0 fully saturated rings. The quantitative estimate of drug-likeness (QED) is 0.101. The summed E-state index contributed by atoms with van der Waals surface area (Å²) in [5, 5.41) is 0. The summed E-state index contributed by atoms with van der Waals surface area (Å²) < 4.78 is -0.228. The predicted octanol–water partition coefficient (Wildman–Crippen LogP) is 18.4. The normalized spacial score (nSPS) is 15.9. The summed E-state index contributed by atoms with van der Waals surface area (Å²) in [7, 11) is 19.0. The molecule has 0 aromatic heterocycles. The van der Waals surface area contributed by atoms with Gasteiger partial charge in [0.2, 0.25) is 0 Å². The SMILES string of the molecule is Cc1ccc(-c2ccc(-c3ccc(C)cc3)c3c2C=C(CCc2ccccc2)[CH]3[Zr]([Cl])([Cl])([CH]2C(CCc3ccccc3)=Cc3c(-c4ccc(C)cc4)ccc(-c4ccc(C)cc4)c32)[SiH](C)C)cc1. The van der Waals surface area contributed by atoms with Gasteiger partial charge in [0, 0.05) is 0 Å². The van der Waals surface area contributed by atoms with Crippen LogP contribution < -0.4 is 0 Å². The van der Waals surface area contributed by atoms with E-state index in [1.54, 1.807) is 0 Å². The topological polar surface area (TPSA) is 0 Å². The molecule has 8 aromatic rings. The molecule has 0 heterocycles. The molecule has 2 aliphatic carbocycles. The first-order valence-electron chi connectivity index (χ1n) is 24.6. The van der Waals surface area contributed by atoms with Crippen LogP contribution in [0.4, 0.5) is 0 Å². The van der Waals surface area contributed by atoms with Crippen molar-refractivity contribution in [2.75, 3.05) is 0 Å². The standard InChI is InChI=1S/2C31H27.C2H7Si.2ClH.Zr/c2*1-22-8-14-26(15-9-22)28-18-19-29(27-16-10-23(2)11-17-27)31-21-25(20-30(28)31)13-12-24-6-4-3-5-7-24;1-3-2;;;/h2*3-11,14-21H,12-13H2,1-2H3;3H,1-2H3;2*1H;/q;;;;;+2/p-2. The number of hydrogen-bond donors (Lipinski definition) is 0. The average molecular weight is 1020 g/mol. The fourth-order valence-corrected chi connectivity index (χ4v) is 42.7. The molecule has 2 atom stereocenters. The van der Waals surface area contributed by atoms with E-state index in [0.717, 1.165) is 25.7 Å². The summed E-state index contributed by atoms with van der Waals surface area (Å²) in [6, 6.07) is 68.0. The van der Waals surface area contributed by atoms with E-state index < -0.39 is 21.5 Å². The van der Waals surface area contributed by atoms with Crippen LogP contribution in [0.25, 0.3) is 56.7 Å². The van der Waals surface area contributed by atoms with Crippen LogP contribution in [0.5, 0.6) is 0 Å². The third-order valence-corrected chi connectivity index (χ3v) is 67.0. The van der Waals surface area contributed by atoms with Crippen LogP contribution in [0.1, 0.15) is 75.7 Å². The van der Waals surface area contributed by atoms with Gasteiger partial charge >= 0.3 is 418 Å². The molecule has 2 aliphatic rings. The number of hydrogen-bond acceptors (Lipinski definition) is 0. The zero-order chi connectivity index (χ0) is 47.2. The Bertz CT molecular complexity index is 2970. The predicted molar refractivity (Wildman–Crippen MR) is 295 cm³/mol. The van der Waals surface area contributed by atoms with Crippen LogP contribution in [0.2, 0.25) is 13.1 Å². The fraction of sp³-hybridized carbons (Fsp3) is 0.188. The number of fused-ring (bicyclic) bond motifs is 2. The first kappa shape index (κ1) is 46.6. The Balaban J connectivity index is 1.29. The van der Waals surface area contributed by atoms with Crippen molar-refractivity contribution >= 4 is 35.1 Å². The van der Waals surface area contributed by atoms with Gasteiger partial charge in [-0.25, -0.2) is 0 Å². The molecular weight excluding hydrogens is 959 g/mol. The van der Waals surface area contributed by atoms with Crippen molar-refractivity contribution in [3.8, 4) is 44.5 Å². The summed E-state index contributed by atoms with van der Waals surface area (Å²) in [4.78, 5) is 0. The number of benzene rings is 8. The molecule has 0 amide bonds. The zero-order valence-corrected chi connectivity index (χ0v) is 45.4. The van der Waals surface area contributed by atoms with Crippen molar-refractivity contribution in [2.45, 2.75) is 73.7 Å². The molecule has 0 nitrogen and oxygen atoms in total. The number of rotatable bonds is 13. The van der Waals surface area contributed by atoms with E-state index in [-0.39, 0.29) is 7.25 Å². The van der Waals surface area contributed by atoms with E-state index in [2.05, 4.69) is 235 Å². The van der Waals surface area contributed by atoms with Crippen LogP contribution in [-0.4, -0.2) is 5.92 Å². The minimum absolute atomic E-state index is 0.114. The second kappa shape index (κ2) is 19.0. The van der Waals surface area contributed by atoms with Gasteiger partial charge in [-0.15, -0.1) is 0 Å². The van der Waals surface area contributed by atoms with E-state index >= 15 is 0 Å². The van der Waals surface area contributed by atoms with Crippen LogP contribution in [0, 0.1) is 27.7 Å². The maximum atomic E-state index is 9.51. The molecule has 339 valence electrons. The zero-order valence-electron chi connectivity index (χ0n) is 40.3. The first-order chi connectivity index (χ1) is 32.9. The van der Waals surface area contributed by atoms with Gasteiger partial charge in [-0.2, -0.15) is 0 Å². The van der Waals surface area contributed by atoms with Gasteiger partial charge in [-0.05, 0) is 0 Å². The molecule has 0 saturated heterocycles. The Kier molecular flexibility index (Phi) is 13.0. The molecule has 0 bridgehead atoms. The van der Waals surface area contributed by atoms with E-state index in [9.17, 15) is 17.0 Å². The van der Waals surface area contributed by atoms with Crippen LogP contribution in [0.3, 0.4) is 0 Å². The van der Waals surface area contributed by atoms with Crippen molar-refractivity contribution in [1.82, 2.24) is 0 Å². The summed E-state index contributed by atoms with van der Waals surface area (Å²) >= 11 is -5.51. The van der Waals surface area contributed by atoms with Gasteiger partial charge in [-0.3, -0.25) is 0 Å². The van der Waals surface area contributed by atoms with Crippen molar-refractivity contribution in [2.24, 2.45) is 0 Å². The molecule has 0 saturated carbocycles. The fourth-order valence-electron chi connectivity index (χ4n) is 11.4. The summed E-state index contributed by atoms with van der Waals surface area (Å²) in [5.74, 6) is -1.99. The summed E-state index contributed by atoms with van der Waals surface area (Å²) in [5.41, 5.74) is 25.6. The Morgan fingerprint density at radius 1 is 0.368 bits per heavy atom. The van der Waals surface area contributed by atoms with Crippen molar-refractivity contribution in [3.05, 3.63) is 249 Å². The van der Waals surface area contributed by atoms with Gasteiger partial charge in [0.25, 0.3) is 0 Å². The second-order valence-electron chi connectivity index (χ2n) is 20.1. The van der Waals surface area contributed by atoms with Gasteiger partial charge in [0.1, 0.15) is 0 Å². The number of halogens is 2. The van der Waals surface area contributed by atoms with Gasteiger partial charge in [-0.1, -0.05) is 0 Å². The average Bonchev–Trinajstić information content (AvgIpc) is 3.95. The Labute approximate surface area is 414 Å². The van der Waals surface area contributed by atoms with E-state index in [0.29, 0.717) is 0 Å². The van der Waals surface area contributed by atoms with E-state index in [4.69, 9.17) is 0 Å². The van der Waals surface area contributed by atoms with Gasteiger partial charge in [0.15, 0.2) is 0 Å². The Morgan fingerprint density at radius 3 is 0.971 bits per heavy atom. The molecule has 2 unspecified atom stereocenters. The molecule has 68 heavy (non-hydrogen) atoms. The van der Waals surface area contributed by atoms with Gasteiger partial charge in [0.05, 0.1) is 0 Å². The molecule has 0 N–H and O–H groups in total. The number of aryl methyl sites for hydroxylation is 6. The molecule has 0 spiro atoms. The minimum atomic E-state index is -5.51. The Hall–Kier alpha value is -5.08. The van der Waals surface area contributed by atoms with Crippen LogP contribution >= 0.6 is 17.0 Å². The molecule has 0 aliphatic heterocycles.